The van der Waals surface area contributed by atoms with Crippen molar-refractivity contribution in [1.29, 1.82) is 0 Å². The Labute approximate surface area is 105 Å². The Morgan fingerprint density at radius 1 is 1.18 bits per heavy atom. The monoisotopic (exact) mass is 248 g/mol. The van der Waals surface area contributed by atoms with Crippen LogP contribution in [0.3, 0.4) is 0 Å². The molecule has 0 aliphatic heterocycles. The second-order valence-electron chi connectivity index (χ2n) is 3.89. The fourth-order valence-electron chi connectivity index (χ4n) is 1.55. The largest absolute Gasteiger partial charge is 0.370 e. The van der Waals surface area contributed by atoms with Crippen molar-refractivity contribution in [3.63, 3.8) is 0 Å². The van der Waals surface area contributed by atoms with Crippen LogP contribution in [0.5, 0.6) is 0 Å². The minimum atomic E-state index is 0.702. The molecule has 0 spiro atoms. The van der Waals surface area contributed by atoms with E-state index in [-0.39, 0.29) is 0 Å². The van der Waals surface area contributed by atoms with E-state index in [2.05, 4.69) is 27.2 Å². The van der Waals surface area contributed by atoms with E-state index in [1.165, 1.54) is 0 Å². The van der Waals surface area contributed by atoms with Crippen molar-refractivity contribution in [3.05, 3.63) is 21.6 Å². The molecule has 1 N–H and O–H groups in total. The summed E-state index contributed by atoms with van der Waals surface area (Å²) >= 11 is 1.62. The zero-order valence-electron chi connectivity index (χ0n) is 10.5. The lowest BCUT2D eigenvalue weighted by Gasteiger charge is -2.09. The lowest BCUT2D eigenvalue weighted by molar-refractivity contribution is 1.04. The molecule has 0 atom stereocenters. The van der Waals surface area contributed by atoms with Crippen LogP contribution in [0.25, 0.3) is 11.5 Å². The molecular weight excluding hydrogens is 232 g/mol. The number of thiazole rings is 1. The molecule has 0 aliphatic carbocycles. The molecule has 2 heterocycles. The molecule has 17 heavy (non-hydrogen) atoms. The van der Waals surface area contributed by atoms with Crippen LogP contribution in [0, 0.1) is 20.8 Å². The molecule has 2 rings (SSSR count). The zero-order valence-corrected chi connectivity index (χ0v) is 11.4. The molecule has 90 valence electrons. The van der Waals surface area contributed by atoms with Gasteiger partial charge in [0.1, 0.15) is 11.5 Å². The summed E-state index contributed by atoms with van der Waals surface area (Å²) in [5.74, 6) is 1.61. The quantitative estimate of drug-likeness (QED) is 0.907. The highest BCUT2D eigenvalue weighted by atomic mass is 32.1. The summed E-state index contributed by atoms with van der Waals surface area (Å²) < 4.78 is 0. The van der Waals surface area contributed by atoms with Gasteiger partial charge in [-0.2, -0.15) is 0 Å². The molecule has 0 saturated carbocycles. The minimum Gasteiger partial charge on any atom is -0.370 e. The average Bonchev–Trinajstić information content (AvgIpc) is 2.71. The first-order chi connectivity index (χ1) is 8.11. The third-order valence-corrected chi connectivity index (χ3v) is 3.36. The Balaban J connectivity index is 2.48. The zero-order chi connectivity index (χ0) is 12.4. The normalized spacial score (nSPS) is 10.6. The number of nitrogens with one attached hydrogen (secondary N) is 1. The van der Waals surface area contributed by atoms with Gasteiger partial charge in [0.25, 0.3) is 0 Å². The molecule has 0 bridgehead atoms. The third-order valence-electron chi connectivity index (χ3n) is 2.58. The predicted molar refractivity (Wildman–Crippen MR) is 71.5 cm³/mol. The second-order valence-corrected chi connectivity index (χ2v) is 4.95. The van der Waals surface area contributed by atoms with Gasteiger partial charge in [0, 0.05) is 23.2 Å². The van der Waals surface area contributed by atoms with Crippen molar-refractivity contribution >= 4 is 17.2 Å². The van der Waals surface area contributed by atoms with Crippen molar-refractivity contribution in [2.45, 2.75) is 27.7 Å². The van der Waals surface area contributed by atoms with Crippen LogP contribution in [0.2, 0.25) is 0 Å². The summed E-state index contributed by atoms with van der Waals surface area (Å²) in [7, 11) is 0. The lowest BCUT2D eigenvalue weighted by Crippen LogP contribution is -2.06. The molecule has 2 aromatic heterocycles. The smallest absolute Gasteiger partial charge is 0.181 e. The molecule has 0 unspecified atom stereocenters. The molecule has 0 aromatic carbocycles. The Kier molecular flexibility index (Phi) is 3.38. The van der Waals surface area contributed by atoms with Crippen LogP contribution in [-0.2, 0) is 0 Å². The maximum atomic E-state index is 4.53. The van der Waals surface area contributed by atoms with Crippen LogP contribution in [0.4, 0.5) is 5.82 Å². The van der Waals surface area contributed by atoms with E-state index < -0.39 is 0 Å². The maximum Gasteiger partial charge on any atom is 0.181 e. The molecule has 5 heteroatoms. The van der Waals surface area contributed by atoms with Gasteiger partial charge < -0.3 is 5.32 Å². The Hall–Kier alpha value is -1.49. The van der Waals surface area contributed by atoms with Crippen LogP contribution < -0.4 is 5.32 Å². The van der Waals surface area contributed by atoms with Crippen molar-refractivity contribution < 1.29 is 0 Å². The molecule has 0 amide bonds. The van der Waals surface area contributed by atoms with Crippen molar-refractivity contribution in [2.24, 2.45) is 0 Å². The predicted octanol–water partition coefficient (Wildman–Crippen LogP) is 2.96. The number of hydrogen-bond acceptors (Lipinski definition) is 5. The lowest BCUT2D eigenvalue weighted by atomic mass is 10.2. The highest BCUT2D eigenvalue weighted by Gasteiger charge is 2.11. The van der Waals surface area contributed by atoms with Crippen LogP contribution in [-0.4, -0.2) is 21.5 Å². The highest BCUT2D eigenvalue weighted by Crippen LogP contribution is 2.22. The van der Waals surface area contributed by atoms with Gasteiger partial charge in [0.2, 0.25) is 0 Å². The topological polar surface area (TPSA) is 50.7 Å². The van der Waals surface area contributed by atoms with Gasteiger partial charge in [0.05, 0.1) is 5.01 Å². The van der Waals surface area contributed by atoms with E-state index in [0.29, 0.717) is 5.82 Å². The first kappa shape index (κ1) is 12.0. The van der Waals surface area contributed by atoms with E-state index in [4.69, 9.17) is 0 Å². The SMILES string of the molecule is CCNc1nc(-c2csc(C)n2)nc(C)c1C. The van der Waals surface area contributed by atoms with E-state index in [1.54, 1.807) is 11.3 Å². The summed E-state index contributed by atoms with van der Waals surface area (Å²) in [6.07, 6.45) is 0. The summed E-state index contributed by atoms with van der Waals surface area (Å²) in [5, 5.41) is 6.29. The highest BCUT2D eigenvalue weighted by molar-refractivity contribution is 7.09. The Morgan fingerprint density at radius 2 is 1.94 bits per heavy atom. The van der Waals surface area contributed by atoms with E-state index in [9.17, 15) is 0 Å². The minimum absolute atomic E-state index is 0.702. The van der Waals surface area contributed by atoms with Gasteiger partial charge in [-0.3, -0.25) is 0 Å². The van der Waals surface area contributed by atoms with Gasteiger partial charge in [-0.05, 0) is 27.7 Å². The maximum absolute atomic E-state index is 4.53. The molecule has 0 aliphatic rings. The molecule has 0 saturated heterocycles. The van der Waals surface area contributed by atoms with E-state index in [0.717, 1.165) is 34.3 Å². The van der Waals surface area contributed by atoms with Crippen LogP contribution in [0.1, 0.15) is 23.2 Å². The number of hydrogen-bond donors (Lipinski definition) is 1. The number of rotatable bonds is 3. The summed E-state index contributed by atoms with van der Waals surface area (Å²) in [6, 6.07) is 0. The van der Waals surface area contributed by atoms with Crippen molar-refractivity contribution in [1.82, 2.24) is 15.0 Å². The first-order valence-electron chi connectivity index (χ1n) is 5.63. The molecule has 2 aromatic rings. The number of nitrogens with zero attached hydrogens (tertiary/aromatic N) is 3. The number of aromatic nitrogens is 3. The van der Waals surface area contributed by atoms with E-state index in [1.807, 2.05) is 26.2 Å². The van der Waals surface area contributed by atoms with Gasteiger partial charge in [-0.25, -0.2) is 15.0 Å². The molecule has 0 fully saturated rings. The third kappa shape index (κ3) is 2.44. The standard InChI is InChI=1S/C12H16N4S/c1-5-13-11-7(2)8(3)14-12(16-11)10-6-17-9(4)15-10/h6H,5H2,1-4H3,(H,13,14,16). The van der Waals surface area contributed by atoms with Gasteiger partial charge in [-0.1, -0.05) is 0 Å². The van der Waals surface area contributed by atoms with Crippen molar-refractivity contribution in [3.8, 4) is 11.5 Å². The second kappa shape index (κ2) is 4.79. The van der Waals surface area contributed by atoms with Gasteiger partial charge in [-0.15, -0.1) is 11.3 Å². The molecule has 4 nitrogen and oxygen atoms in total. The molecule has 0 radical (unpaired) electrons. The number of anilines is 1. The Bertz CT molecular complexity index is 533. The summed E-state index contributed by atoms with van der Waals surface area (Å²) in [4.78, 5) is 13.4. The fourth-order valence-corrected chi connectivity index (χ4v) is 2.14. The summed E-state index contributed by atoms with van der Waals surface area (Å²) in [5.41, 5.74) is 2.95. The van der Waals surface area contributed by atoms with E-state index >= 15 is 0 Å². The van der Waals surface area contributed by atoms with Crippen molar-refractivity contribution in [2.75, 3.05) is 11.9 Å². The van der Waals surface area contributed by atoms with Crippen LogP contribution in [0.15, 0.2) is 5.38 Å². The summed E-state index contributed by atoms with van der Waals surface area (Å²) in [6.45, 7) is 8.93. The van der Waals surface area contributed by atoms with Gasteiger partial charge in [0.15, 0.2) is 5.82 Å². The van der Waals surface area contributed by atoms with Crippen LogP contribution >= 0.6 is 11.3 Å². The Morgan fingerprint density at radius 3 is 2.53 bits per heavy atom. The average molecular weight is 248 g/mol. The fraction of sp³-hybridized carbons (Fsp3) is 0.417. The number of aryl methyl sites for hydroxylation is 2. The molecular formula is C12H16N4S. The first-order valence-corrected chi connectivity index (χ1v) is 6.51. The van der Waals surface area contributed by atoms with Gasteiger partial charge >= 0.3 is 0 Å².